The zero-order valence-electron chi connectivity index (χ0n) is 13.3. The molecule has 0 aliphatic carbocycles. The van der Waals surface area contributed by atoms with Crippen LogP contribution in [0.5, 0.6) is 5.75 Å². The fraction of sp³-hybridized carbons (Fsp3) is 0.500. The second kappa shape index (κ2) is 6.26. The Balaban J connectivity index is 1.97. The molecule has 0 spiro atoms. The van der Waals surface area contributed by atoms with E-state index >= 15 is 0 Å². The van der Waals surface area contributed by atoms with Crippen LogP contribution in [-0.4, -0.2) is 23.8 Å². The maximum atomic E-state index is 5.26. The van der Waals surface area contributed by atoms with Gasteiger partial charge in [-0.1, -0.05) is 24.2 Å². The van der Waals surface area contributed by atoms with Crippen molar-refractivity contribution in [2.24, 2.45) is 0 Å². The van der Waals surface area contributed by atoms with E-state index in [9.17, 15) is 0 Å². The van der Waals surface area contributed by atoms with Crippen molar-refractivity contribution in [1.82, 2.24) is 15.5 Å². The Morgan fingerprint density at radius 3 is 2.48 bits per heavy atom. The van der Waals surface area contributed by atoms with E-state index in [1.165, 1.54) is 5.56 Å². The standard InChI is InChI=1S/C16H23N3O2/c1-11(13-6-8-14(20-5)9-7-13)10-17-16(3,4)15-18-12(2)19-21-15/h6-9,11,17H,10H2,1-5H3. The third-order valence-corrected chi connectivity index (χ3v) is 3.60. The van der Waals surface area contributed by atoms with Gasteiger partial charge in [0.2, 0.25) is 5.89 Å². The lowest BCUT2D eigenvalue weighted by atomic mass is 9.98. The molecule has 1 aromatic carbocycles. The van der Waals surface area contributed by atoms with Crippen LogP contribution in [0.1, 0.15) is 44.0 Å². The van der Waals surface area contributed by atoms with Crippen LogP contribution in [0.25, 0.3) is 0 Å². The molecule has 0 bridgehead atoms. The molecule has 5 heteroatoms. The SMILES string of the molecule is COc1ccc(C(C)CNC(C)(C)c2nc(C)no2)cc1. The second-order valence-electron chi connectivity index (χ2n) is 5.83. The van der Waals surface area contributed by atoms with E-state index in [0.717, 1.165) is 12.3 Å². The predicted molar refractivity (Wildman–Crippen MR) is 81.5 cm³/mol. The normalized spacial score (nSPS) is 13.2. The first-order valence-electron chi connectivity index (χ1n) is 7.12. The lowest BCUT2D eigenvalue weighted by Crippen LogP contribution is -2.39. The summed E-state index contributed by atoms with van der Waals surface area (Å²) in [7, 11) is 1.68. The first kappa shape index (κ1) is 15.5. The van der Waals surface area contributed by atoms with Gasteiger partial charge in [0.05, 0.1) is 12.6 Å². The maximum absolute atomic E-state index is 5.26. The van der Waals surface area contributed by atoms with Gasteiger partial charge in [0.15, 0.2) is 5.82 Å². The monoisotopic (exact) mass is 289 g/mol. The summed E-state index contributed by atoms with van der Waals surface area (Å²) in [5.41, 5.74) is 0.919. The van der Waals surface area contributed by atoms with Crippen molar-refractivity contribution in [3.8, 4) is 5.75 Å². The smallest absolute Gasteiger partial charge is 0.246 e. The van der Waals surface area contributed by atoms with Crippen molar-refractivity contribution in [3.05, 3.63) is 41.5 Å². The molecule has 1 aromatic heterocycles. The van der Waals surface area contributed by atoms with Gasteiger partial charge in [0.25, 0.3) is 0 Å². The molecule has 5 nitrogen and oxygen atoms in total. The van der Waals surface area contributed by atoms with Gasteiger partial charge in [-0.15, -0.1) is 0 Å². The highest BCUT2D eigenvalue weighted by molar-refractivity contribution is 5.29. The van der Waals surface area contributed by atoms with Crippen LogP contribution < -0.4 is 10.1 Å². The third kappa shape index (κ3) is 3.82. The molecule has 0 saturated heterocycles. The van der Waals surface area contributed by atoms with Gasteiger partial charge in [-0.2, -0.15) is 4.98 Å². The van der Waals surface area contributed by atoms with Crippen molar-refractivity contribution >= 4 is 0 Å². The molecule has 21 heavy (non-hydrogen) atoms. The summed E-state index contributed by atoms with van der Waals surface area (Å²) in [5.74, 6) is 2.52. The molecule has 1 heterocycles. The number of aromatic nitrogens is 2. The summed E-state index contributed by atoms with van der Waals surface area (Å²) >= 11 is 0. The van der Waals surface area contributed by atoms with E-state index in [1.54, 1.807) is 7.11 Å². The molecule has 0 saturated carbocycles. The Morgan fingerprint density at radius 2 is 1.95 bits per heavy atom. The van der Waals surface area contributed by atoms with Gasteiger partial charge < -0.3 is 14.6 Å². The predicted octanol–water partition coefficient (Wildman–Crippen LogP) is 3.02. The Bertz CT molecular complexity index is 575. The summed E-state index contributed by atoms with van der Waals surface area (Å²) < 4.78 is 10.4. The van der Waals surface area contributed by atoms with E-state index < -0.39 is 0 Å². The zero-order valence-corrected chi connectivity index (χ0v) is 13.3. The number of aryl methyl sites for hydroxylation is 1. The van der Waals surface area contributed by atoms with Gasteiger partial charge in [-0.25, -0.2) is 0 Å². The summed E-state index contributed by atoms with van der Waals surface area (Å²) in [5, 5.41) is 7.34. The Morgan fingerprint density at radius 1 is 1.29 bits per heavy atom. The summed E-state index contributed by atoms with van der Waals surface area (Å²) in [6, 6.07) is 8.15. The van der Waals surface area contributed by atoms with Crippen molar-refractivity contribution in [2.45, 2.75) is 39.2 Å². The molecule has 2 aromatic rings. The number of nitrogens with one attached hydrogen (secondary N) is 1. The van der Waals surface area contributed by atoms with E-state index in [2.05, 4.69) is 34.5 Å². The van der Waals surface area contributed by atoms with Crippen molar-refractivity contribution in [2.75, 3.05) is 13.7 Å². The topological polar surface area (TPSA) is 60.2 Å². The first-order valence-corrected chi connectivity index (χ1v) is 7.12. The molecule has 0 aliphatic heterocycles. The lowest BCUT2D eigenvalue weighted by molar-refractivity contribution is 0.264. The number of nitrogens with zero attached hydrogens (tertiary/aromatic N) is 2. The van der Waals surface area contributed by atoms with Crippen LogP contribution in [-0.2, 0) is 5.54 Å². The van der Waals surface area contributed by atoms with Gasteiger partial charge in [-0.3, -0.25) is 0 Å². The molecule has 0 amide bonds. The third-order valence-electron chi connectivity index (χ3n) is 3.60. The fourth-order valence-corrected chi connectivity index (χ4v) is 2.09. The van der Waals surface area contributed by atoms with Crippen LogP contribution in [0.3, 0.4) is 0 Å². The fourth-order valence-electron chi connectivity index (χ4n) is 2.09. The second-order valence-corrected chi connectivity index (χ2v) is 5.83. The van der Waals surface area contributed by atoms with Crippen LogP contribution in [0.15, 0.2) is 28.8 Å². The van der Waals surface area contributed by atoms with Gasteiger partial charge >= 0.3 is 0 Å². The summed E-state index contributed by atoms with van der Waals surface area (Å²) in [4.78, 5) is 4.30. The molecule has 1 atom stereocenters. The largest absolute Gasteiger partial charge is 0.497 e. The number of methoxy groups -OCH3 is 1. The number of ether oxygens (including phenoxy) is 1. The summed E-state index contributed by atoms with van der Waals surface area (Å²) in [6.45, 7) is 8.91. The average Bonchev–Trinajstić information content (AvgIpc) is 2.92. The number of rotatable bonds is 6. The average molecular weight is 289 g/mol. The van der Waals surface area contributed by atoms with Crippen molar-refractivity contribution in [3.63, 3.8) is 0 Å². The first-order chi connectivity index (χ1) is 9.92. The zero-order chi connectivity index (χ0) is 15.5. The van der Waals surface area contributed by atoms with Gasteiger partial charge in [0.1, 0.15) is 5.75 Å². The highest BCUT2D eigenvalue weighted by atomic mass is 16.5. The van der Waals surface area contributed by atoms with Crippen molar-refractivity contribution in [1.29, 1.82) is 0 Å². The van der Waals surface area contributed by atoms with Gasteiger partial charge in [-0.05, 0) is 44.4 Å². The van der Waals surface area contributed by atoms with Crippen molar-refractivity contribution < 1.29 is 9.26 Å². The number of hydrogen-bond donors (Lipinski definition) is 1. The highest BCUT2D eigenvalue weighted by Gasteiger charge is 2.27. The molecule has 1 unspecified atom stereocenters. The Hall–Kier alpha value is -1.88. The van der Waals surface area contributed by atoms with E-state index in [-0.39, 0.29) is 5.54 Å². The Kier molecular flexibility index (Phi) is 4.63. The van der Waals surface area contributed by atoms with E-state index in [4.69, 9.17) is 9.26 Å². The molecule has 0 fully saturated rings. The highest BCUT2D eigenvalue weighted by Crippen LogP contribution is 2.22. The van der Waals surface area contributed by atoms with Gasteiger partial charge in [0, 0.05) is 6.54 Å². The Labute approximate surface area is 125 Å². The lowest BCUT2D eigenvalue weighted by Gasteiger charge is -2.24. The number of benzene rings is 1. The minimum atomic E-state index is -0.345. The molecule has 114 valence electrons. The maximum Gasteiger partial charge on any atom is 0.246 e. The minimum absolute atomic E-state index is 0.345. The van der Waals surface area contributed by atoms with E-state index in [1.807, 2.05) is 32.9 Å². The quantitative estimate of drug-likeness (QED) is 0.885. The molecule has 0 aliphatic rings. The van der Waals surface area contributed by atoms with Crippen LogP contribution >= 0.6 is 0 Å². The molecular weight excluding hydrogens is 266 g/mol. The molecular formula is C16H23N3O2. The van der Waals surface area contributed by atoms with Crippen LogP contribution in [0.4, 0.5) is 0 Å². The van der Waals surface area contributed by atoms with E-state index in [0.29, 0.717) is 17.6 Å². The summed E-state index contributed by atoms with van der Waals surface area (Å²) in [6.07, 6.45) is 0. The number of hydrogen-bond acceptors (Lipinski definition) is 5. The molecule has 1 N–H and O–H groups in total. The van der Waals surface area contributed by atoms with Crippen LogP contribution in [0.2, 0.25) is 0 Å². The molecule has 2 rings (SSSR count). The molecule has 0 radical (unpaired) electrons. The minimum Gasteiger partial charge on any atom is -0.497 e. The van der Waals surface area contributed by atoms with Crippen LogP contribution in [0, 0.1) is 6.92 Å².